The SMILES string of the molecule is CC(C)(C(=O)CC1CCC(F)(F)C1)N1CCNCC1. The van der Waals surface area contributed by atoms with Crippen molar-refractivity contribution in [1.82, 2.24) is 10.2 Å². The molecule has 1 saturated carbocycles. The van der Waals surface area contributed by atoms with Gasteiger partial charge in [-0.05, 0) is 26.2 Å². The zero-order chi connectivity index (χ0) is 14.1. The van der Waals surface area contributed by atoms with Crippen LogP contribution in [0.15, 0.2) is 0 Å². The van der Waals surface area contributed by atoms with Gasteiger partial charge in [-0.1, -0.05) is 0 Å². The first-order valence-electron chi connectivity index (χ1n) is 7.18. The normalized spacial score (nSPS) is 28.5. The number of alkyl halides is 2. The van der Waals surface area contributed by atoms with Crippen LogP contribution in [0.4, 0.5) is 8.78 Å². The Hall–Kier alpha value is -0.550. The number of carbonyl (C=O) groups is 1. The molecular formula is C14H24F2N2O. The Morgan fingerprint density at radius 3 is 2.53 bits per heavy atom. The molecule has 0 bridgehead atoms. The highest BCUT2D eigenvalue weighted by atomic mass is 19.3. The monoisotopic (exact) mass is 274 g/mol. The minimum atomic E-state index is -2.55. The number of nitrogens with one attached hydrogen (secondary N) is 1. The number of Topliss-reactive ketones (excluding diaryl/α,β-unsaturated/α-hetero) is 1. The van der Waals surface area contributed by atoms with E-state index in [2.05, 4.69) is 10.2 Å². The van der Waals surface area contributed by atoms with Gasteiger partial charge in [0, 0.05) is 45.4 Å². The van der Waals surface area contributed by atoms with Crippen LogP contribution in [0.3, 0.4) is 0 Å². The molecule has 2 aliphatic rings. The van der Waals surface area contributed by atoms with Crippen molar-refractivity contribution in [2.24, 2.45) is 5.92 Å². The van der Waals surface area contributed by atoms with Crippen molar-refractivity contribution in [2.75, 3.05) is 26.2 Å². The lowest BCUT2D eigenvalue weighted by Crippen LogP contribution is -2.57. The third-order valence-corrected chi connectivity index (χ3v) is 4.57. The quantitative estimate of drug-likeness (QED) is 0.851. The van der Waals surface area contributed by atoms with E-state index < -0.39 is 11.5 Å². The zero-order valence-corrected chi connectivity index (χ0v) is 11.8. The number of rotatable bonds is 4. The summed E-state index contributed by atoms with van der Waals surface area (Å²) in [5, 5.41) is 3.26. The van der Waals surface area contributed by atoms with Crippen molar-refractivity contribution in [1.29, 1.82) is 0 Å². The molecule has 2 fully saturated rings. The van der Waals surface area contributed by atoms with Gasteiger partial charge in [0.05, 0.1) is 5.54 Å². The molecule has 3 nitrogen and oxygen atoms in total. The third kappa shape index (κ3) is 3.51. The lowest BCUT2D eigenvalue weighted by Gasteiger charge is -2.40. The van der Waals surface area contributed by atoms with Crippen molar-refractivity contribution >= 4 is 5.78 Å². The number of hydrogen-bond donors (Lipinski definition) is 1. The van der Waals surface area contributed by atoms with Crippen LogP contribution in [-0.2, 0) is 4.79 Å². The Bertz CT molecular complexity index is 338. The topological polar surface area (TPSA) is 32.3 Å². The first-order chi connectivity index (χ1) is 8.81. The van der Waals surface area contributed by atoms with E-state index >= 15 is 0 Å². The molecule has 1 saturated heterocycles. The van der Waals surface area contributed by atoms with E-state index in [0.717, 1.165) is 26.2 Å². The van der Waals surface area contributed by atoms with Gasteiger partial charge in [-0.15, -0.1) is 0 Å². The Labute approximate surface area is 113 Å². The largest absolute Gasteiger partial charge is 0.314 e. The Morgan fingerprint density at radius 2 is 2.00 bits per heavy atom. The van der Waals surface area contributed by atoms with Gasteiger partial charge in [-0.25, -0.2) is 8.78 Å². The smallest absolute Gasteiger partial charge is 0.248 e. The predicted octanol–water partition coefficient (Wildman–Crippen LogP) is 2.06. The summed E-state index contributed by atoms with van der Waals surface area (Å²) >= 11 is 0. The van der Waals surface area contributed by atoms with Gasteiger partial charge in [0.15, 0.2) is 5.78 Å². The second-order valence-electron chi connectivity index (χ2n) is 6.39. The van der Waals surface area contributed by atoms with Gasteiger partial charge < -0.3 is 5.32 Å². The van der Waals surface area contributed by atoms with Crippen molar-refractivity contribution < 1.29 is 13.6 Å². The average molecular weight is 274 g/mol. The Balaban J connectivity index is 1.91. The molecular weight excluding hydrogens is 250 g/mol. The van der Waals surface area contributed by atoms with Gasteiger partial charge in [-0.2, -0.15) is 0 Å². The minimum Gasteiger partial charge on any atom is -0.314 e. The first kappa shape index (κ1) is 14.9. The highest BCUT2D eigenvalue weighted by Crippen LogP contribution is 2.41. The molecule has 0 spiro atoms. The molecule has 0 amide bonds. The Morgan fingerprint density at radius 1 is 1.37 bits per heavy atom. The summed E-state index contributed by atoms with van der Waals surface area (Å²) in [5.41, 5.74) is -0.528. The van der Waals surface area contributed by atoms with Crippen LogP contribution in [0.5, 0.6) is 0 Å². The van der Waals surface area contributed by atoms with E-state index in [0.29, 0.717) is 12.8 Å². The molecule has 2 rings (SSSR count). The number of halogens is 2. The number of carbonyl (C=O) groups excluding carboxylic acids is 1. The van der Waals surface area contributed by atoms with Crippen LogP contribution in [0, 0.1) is 5.92 Å². The van der Waals surface area contributed by atoms with Crippen molar-refractivity contribution in [3.05, 3.63) is 0 Å². The molecule has 1 N–H and O–H groups in total. The van der Waals surface area contributed by atoms with E-state index in [4.69, 9.17) is 0 Å². The van der Waals surface area contributed by atoms with Crippen LogP contribution >= 0.6 is 0 Å². The second-order valence-corrected chi connectivity index (χ2v) is 6.39. The van der Waals surface area contributed by atoms with Gasteiger partial charge in [-0.3, -0.25) is 9.69 Å². The molecule has 0 aromatic heterocycles. The summed E-state index contributed by atoms with van der Waals surface area (Å²) < 4.78 is 26.3. The third-order valence-electron chi connectivity index (χ3n) is 4.57. The van der Waals surface area contributed by atoms with E-state index in [1.807, 2.05) is 13.8 Å². The molecule has 110 valence electrons. The molecule has 5 heteroatoms. The molecule has 0 aromatic rings. The van der Waals surface area contributed by atoms with Gasteiger partial charge >= 0.3 is 0 Å². The van der Waals surface area contributed by atoms with Crippen LogP contribution in [0.1, 0.15) is 39.5 Å². The summed E-state index contributed by atoms with van der Waals surface area (Å²) in [6.07, 6.45) is 0.609. The molecule has 1 aliphatic carbocycles. The molecule has 0 radical (unpaired) electrons. The van der Waals surface area contributed by atoms with Crippen LogP contribution in [0.25, 0.3) is 0 Å². The molecule has 1 aliphatic heterocycles. The molecule has 19 heavy (non-hydrogen) atoms. The van der Waals surface area contributed by atoms with Gasteiger partial charge in [0.25, 0.3) is 0 Å². The van der Waals surface area contributed by atoms with Gasteiger partial charge in [0.1, 0.15) is 0 Å². The summed E-state index contributed by atoms with van der Waals surface area (Å²) in [7, 11) is 0. The van der Waals surface area contributed by atoms with E-state index in [9.17, 15) is 13.6 Å². The van der Waals surface area contributed by atoms with E-state index in [1.54, 1.807) is 0 Å². The summed E-state index contributed by atoms with van der Waals surface area (Å²) in [4.78, 5) is 14.6. The summed E-state index contributed by atoms with van der Waals surface area (Å²) in [6.45, 7) is 7.32. The molecule has 0 aromatic carbocycles. The predicted molar refractivity (Wildman–Crippen MR) is 70.4 cm³/mol. The summed E-state index contributed by atoms with van der Waals surface area (Å²) in [6, 6.07) is 0. The molecule has 1 atom stereocenters. The highest BCUT2D eigenvalue weighted by Gasteiger charge is 2.42. The first-order valence-corrected chi connectivity index (χ1v) is 7.18. The zero-order valence-electron chi connectivity index (χ0n) is 11.8. The maximum Gasteiger partial charge on any atom is 0.248 e. The lowest BCUT2D eigenvalue weighted by atomic mass is 9.88. The lowest BCUT2D eigenvalue weighted by molar-refractivity contribution is -0.131. The fourth-order valence-electron chi connectivity index (χ4n) is 3.13. The van der Waals surface area contributed by atoms with Crippen LogP contribution < -0.4 is 5.32 Å². The van der Waals surface area contributed by atoms with E-state index in [-0.39, 0.29) is 24.5 Å². The maximum atomic E-state index is 13.2. The standard InChI is InChI=1S/C14H24F2N2O/c1-13(2,18-7-5-17-6-8-18)12(19)9-11-3-4-14(15,16)10-11/h11,17H,3-10H2,1-2H3. The fraction of sp³-hybridized carbons (Fsp3) is 0.929. The number of ketones is 1. The minimum absolute atomic E-state index is 0.0565. The maximum absolute atomic E-state index is 13.2. The summed E-state index contributed by atoms with van der Waals surface area (Å²) in [5.74, 6) is -2.58. The molecule has 1 unspecified atom stereocenters. The number of piperazine rings is 1. The van der Waals surface area contributed by atoms with Crippen molar-refractivity contribution in [3.63, 3.8) is 0 Å². The Kier molecular flexibility index (Phi) is 4.26. The van der Waals surface area contributed by atoms with Crippen LogP contribution in [-0.4, -0.2) is 48.3 Å². The van der Waals surface area contributed by atoms with E-state index in [1.165, 1.54) is 0 Å². The fourth-order valence-corrected chi connectivity index (χ4v) is 3.13. The van der Waals surface area contributed by atoms with Crippen molar-refractivity contribution in [3.8, 4) is 0 Å². The van der Waals surface area contributed by atoms with Gasteiger partial charge in [0.2, 0.25) is 5.92 Å². The highest BCUT2D eigenvalue weighted by molar-refractivity contribution is 5.87. The second kappa shape index (κ2) is 5.44. The number of nitrogens with zero attached hydrogens (tertiary/aromatic N) is 1. The molecule has 1 heterocycles. The van der Waals surface area contributed by atoms with Crippen molar-refractivity contribution in [2.45, 2.75) is 51.0 Å². The van der Waals surface area contributed by atoms with Crippen LogP contribution in [0.2, 0.25) is 0 Å². The average Bonchev–Trinajstić information content (AvgIpc) is 2.69. The number of hydrogen-bond acceptors (Lipinski definition) is 3.